The first kappa shape index (κ1) is 23.9. The van der Waals surface area contributed by atoms with Gasteiger partial charge in [0.1, 0.15) is 18.4 Å². The number of amides is 2. The summed E-state index contributed by atoms with van der Waals surface area (Å²) in [5.74, 6) is -1.75. The predicted octanol–water partition coefficient (Wildman–Crippen LogP) is 2.03. The maximum atomic E-state index is 14.3. The molecular weight excluding hydrogens is 468 g/mol. The van der Waals surface area contributed by atoms with E-state index < -0.39 is 34.6 Å². The van der Waals surface area contributed by atoms with E-state index in [0.29, 0.717) is 18.0 Å². The summed E-state index contributed by atoms with van der Waals surface area (Å²) in [6, 6.07) is 5.80. The van der Waals surface area contributed by atoms with Crippen molar-refractivity contribution in [1.29, 1.82) is 0 Å². The topological polar surface area (TPSA) is 96.4 Å². The van der Waals surface area contributed by atoms with Crippen molar-refractivity contribution in [2.45, 2.75) is 35.9 Å². The van der Waals surface area contributed by atoms with Crippen LogP contribution in [0.2, 0.25) is 0 Å². The van der Waals surface area contributed by atoms with Crippen LogP contribution in [0.3, 0.4) is 0 Å². The van der Waals surface area contributed by atoms with E-state index in [2.05, 4.69) is 0 Å². The summed E-state index contributed by atoms with van der Waals surface area (Å²) >= 11 is 1.50. The summed E-state index contributed by atoms with van der Waals surface area (Å²) in [4.78, 5) is 44.7. The number of thioether (sulfide) groups is 1. The number of ether oxygens (including phenoxy) is 2. The number of likely N-dealkylation sites (tertiary alicyclic amines) is 1. The van der Waals surface area contributed by atoms with Crippen LogP contribution in [0, 0.1) is 17.8 Å². The summed E-state index contributed by atoms with van der Waals surface area (Å²) in [5.41, 5.74) is 0.690. The minimum Gasteiger partial charge on any atom is -0.497 e. The zero-order valence-electron chi connectivity index (χ0n) is 20.0. The molecule has 6 atom stereocenters. The lowest BCUT2D eigenvalue weighted by molar-refractivity contribution is -0.152. The number of esters is 1. The minimum atomic E-state index is -0.937. The molecule has 35 heavy (non-hydrogen) atoms. The smallest absolute Gasteiger partial charge is 0.311 e. The number of benzene rings is 1. The molecule has 4 aliphatic heterocycles. The quantitative estimate of drug-likeness (QED) is 0.490. The fourth-order valence-electron chi connectivity index (χ4n) is 5.88. The van der Waals surface area contributed by atoms with Crippen molar-refractivity contribution in [2.24, 2.45) is 17.8 Å². The van der Waals surface area contributed by atoms with Gasteiger partial charge in [0.25, 0.3) is 5.91 Å². The van der Waals surface area contributed by atoms with Crippen LogP contribution in [0.5, 0.6) is 5.75 Å². The molecule has 8 nitrogen and oxygen atoms in total. The highest BCUT2D eigenvalue weighted by atomic mass is 32.2. The van der Waals surface area contributed by atoms with Crippen LogP contribution in [-0.4, -0.2) is 76.7 Å². The van der Waals surface area contributed by atoms with Gasteiger partial charge in [0, 0.05) is 17.5 Å². The highest BCUT2D eigenvalue weighted by molar-refractivity contribution is 8.02. The number of cyclic esters (lactones) is 1. The molecule has 0 radical (unpaired) electrons. The number of hydrogen-bond donors (Lipinski definition) is 1. The molecule has 0 saturated carbocycles. The molecule has 0 aliphatic carbocycles. The van der Waals surface area contributed by atoms with Gasteiger partial charge in [0.05, 0.1) is 36.3 Å². The van der Waals surface area contributed by atoms with Crippen LogP contribution >= 0.6 is 11.8 Å². The Labute approximate surface area is 208 Å². The maximum Gasteiger partial charge on any atom is 0.311 e. The van der Waals surface area contributed by atoms with E-state index in [9.17, 15) is 19.5 Å². The van der Waals surface area contributed by atoms with Crippen LogP contribution in [0.4, 0.5) is 5.69 Å². The normalized spacial score (nSPS) is 32.7. The van der Waals surface area contributed by atoms with Gasteiger partial charge < -0.3 is 24.4 Å². The number of hydrogen-bond acceptors (Lipinski definition) is 7. The summed E-state index contributed by atoms with van der Waals surface area (Å²) in [6.07, 6.45) is 7.61. The number of carbonyl (C=O) groups is 3. The summed E-state index contributed by atoms with van der Waals surface area (Å²) in [6.45, 7) is 4.08. The highest BCUT2D eigenvalue weighted by Crippen LogP contribution is 2.61. The Kier molecular flexibility index (Phi) is 6.17. The highest BCUT2D eigenvalue weighted by Gasteiger charge is 2.72. The molecule has 2 amide bonds. The number of fused-ring (bicyclic) bond motifs is 2. The molecule has 1 aromatic carbocycles. The van der Waals surface area contributed by atoms with E-state index in [1.165, 1.54) is 11.8 Å². The lowest BCUT2D eigenvalue weighted by Gasteiger charge is -2.39. The molecular formula is C26H30N2O6S. The van der Waals surface area contributed by atoms with Gasteiger partial charge in [0.2, 0.25) is 5.91 Å². The first-order valence-corrected chi connectivity index (χ1v) is 12.8. The maximum absolute atomic E-state index is 14.3. The summed E-state index contributed by atoms with van der Waals surface area (Å²) in [5, 5.41) is 10.0. The molecule has 4 aliphatic rings. The molecule has 5 rings (SSSR count). The molecule has 1 aromatic rings. The standard InChI is InChI=1S/C26H30N2O6S/c1-15(2)18(14-29)28-22-24(31)27(16-7-9-17(33-3)10-8-16)12-5-11-26(22)21(23(28)30)20-19(35-26)6-4-13-34-25(20)32/h4-11,15,18-22,29H,12-14H2,1-3H3/t18-,19-,20+,21-,22?,26-/m0/s1. The van der Waals surface area contributed by atoms with Crippen LogP contribution in [0.1, 0.15) is 13.8 Å². The van der Waals surface area contributed by atoms with Gasteiger partial charge in [-0.3, -0.25) is 14.4 Å². The molecule has 4 heterocycles. The predicted molar refractivity (Wildman–Crippen MR) is 132 cm³/mol. The van der Waals surface area contributed by atoms with Crippen molar-refractivity contribution in [1.82, 2.24) is 4.90 Å². The number of carbonyl (C=O) groups excluding carboxylic acids is 3. The molecule has 1 spiro atoms. The first-order chi connectivity index (χ1) is 16.8. The second-order valence-electron chi connectivity index (χ2n) is 9.69. The molecule has 186 valence electrons. The average molecular weight is 499 g/mol. The van der Waals surface area contributed by atoms with Gasteiger partial charge in [0.15, 0.2) is 0 Å². The Morgan fingerprint density at radius 3 is 2.57 bits per heavy atom. The summed E-state index contributed by atoms with van der Waals surface area (Å²) in [7, 11) is 1.58. The van der Waals surface area contributed by atoms with Crippen molar-refractivity contribution in [2.75, 3.05) is 31.8 Å². The van der Waals surface area contributed by atoms with Crippen molar-refractivity contribution in [3.63, 3.8) is 0 Å². The van der Waals surface area contributed by atoms with Crippen molar-refractivity contribution < 1.29 is 29.0 Å². The number of anilines is 1. The Morgan fingerprint density at radius 2 is 1.91 bits per heavy atom. The Morgan fingerprint density at radius 1 is 1.17 bits per heavy atom. The third-order valence-corrected chi connectivity index (χ3v) is 9.29. The second kappa shape index (κ2) is 9.02. The molecule has 0 aromatic heterocycles. The van der Waals surface area contributed by atoms with Crippen molar-refractivity contribution in [3.8, 4) is 5.75 Å². The van der Waals surface area contributed by atoms with Crippen molar-refractivity contribution in [3.05, 3.63) is 48.6 Å². The number of nitrogens with zero attached hydrogens (tertiary/aromatic N) is 2. The van der Waals surface area contributed by atoms with E-state index >= 15 is 0 Å². The number of methoxy groups -OCH3 is 1. The van der Waals surface area contributed by atoms with Gasteiger partial charge >= 0.3 is 5.97 Å². The Hall–Kier alpha value is -2.78. The second-order valence-corrected chi connectivity index (χ2v) is 11.2. The van der Waals surface area contributed by atoms with Crippen LogP contribution < -0.4 is 9.64 Å². The number of aliphatic hydroxyl groups is 1. The number of aliphatic hydroxyl groups excluding tert-OH is 1. The van der Waals surface area contributed by atoms with E-state index in [1.807, 2.05) is 44.2 Å². The van der Waals surface area contributed by atoms with E-state index in [-0.39, 0.29) is 36.2 Å². The van der Waals surface area contributed by atoms with Crippen molar-refractivity contribution >= 4 is 35.2 Å². The Bertz CT molecular complexity index is 1090. The van der Waals surface area contributed by atoms with Gasteiger partial charge in [-0.05, 0) is 30.2 Å². The average Bonchev–Trinajstić information content (AvgIpc) is 3.14. The molecule has 2 saturated heterocycles. The first-order valence-electron chi connectivity index (χ1n) is 11.9. The largest absolute Gasteiger partial charge is 0.497 e. The van der Waals surface area contributed by atoms with Gasteiger partial charge in [-0.1, -0.05) is 38.2 Å². The monoisotopic (exact) mass is 498 g/mol. The number of rotatable bonds is 5. The van der Waals surface area contributed by atoms with E-state index in [1.54, 1.807) is 35.1 Å². The lowest BCUT2D eigenvalue weighted by Crippen LogP contribution is -2.57. The molecule has 1 N–H and O–H groups in total. The van der Waals surface area contributed by atoms with Crippen LogP contribution in [0.15, 0.2) is 48.6 Å². The summed E-state index contributed by atoms with van der Waals surface area (Å²) < 4.78 is 9.72. The molecule has 0 bridgehead atoms. The third kappa shape index (κ3) is 3.59. The fourth-order valence-corrected chi connectivity index (χ4v) is 7.87. The molecule has 9 heteroatoms. The SMILES string of the molecule is COc1ccc(N2CC=C[C@]34S[C@H]5C=CCOC(=O)[C@H]5[C@H]3C(=O)N([C@@H](CO)C(C)C)C4C2=O)cc1. The zero-order valence-corrected chi connectivity index (χ0v) is 20.8. The fraction of sp³-hybridized carbons (Fsp3) is 0.500. The van der Waals surface area contributed by atoms with Gasteiger partial charge in [-0.25, -0.2) is 0 Å². The van der Waals surface area contributed by atoms with Crippen LogP contribution in [0.25, 0.3) is 0 Å². The molecule has 2 fully saturated rings. The van der Waals surface area contributed by atoms with E-state index in [4.69, 9.17) is 9.47 Å². The molecule has 1 unspecified atom stereocenters. The zero-order chi connectivity index (χ0) is 24.9. The minimum absolute atomic E-state index is 0.0870. The van der Waals surface area contributed by atoms with E-state index in [0.717, 1.165) is 0 Å². The van der Waals surface area contributed by atoms with Gasteiger partial charge in [-0.15, -0.1) is 11.8 Å². The third-order valence-electron chi connectivity index (χ3n) is 7.55. The van der Waals surface area contributed by atoms with Crippen LogP contribution in [-0.2, 0) is 19.1 Å². The van der Waals surface area contributed by atoms with Gasteiger partial charge in [-0.2, -0.15) is 0 Å². The lowest BCUT2D eigenvalue weighted by atomic mass is 9.78. The Balaban J connectivity index is 1.64.